The van der Waals surface area contributed by atoms with E-state index in [1.54, 1.807) is 6.20 Å². The maximum absolute atomic E-state index is 11.6. The van der Waals surface area contributed by atoms with Crippen LogP contribution in [0.2, 0.25) is 0 Å². The molecule has 2 aromatic rings. The lowest BCUT2D eigenvalue weighted by atomic mass is 10.1. The van der Waals surface area contributed by atoms with E-state index in [1.807, 2.05) is 12.1 Å². The summed E-state index contributed by atoms with van der Waals surface area (Å²) in [5.41, 5.74) is 4.23. The predicted octanol–water partition coefficient (Wildman–Crippen LogP) is 2.69. The normalized spacial score (nSPS) is 13.7. The molecule has 0 aliphatic heterocycles. The summed E-state index contributed by atoms with van der Waals surface area (Å²) in [6.07, 6.45) is 4.75. The van der Waals surface area contributed by atoms with Crippen molar-refractivity contribution in [1.82, 2.24) is 9.97 Å². The number of fused-ring (bicyclic) bond motifs is 3. The molecule has 1 aliphatic rings. The highest BCUT2D eigenvalue weighted by Gasteiger charge is 2.16. The second kappa shape index (κ2) is 4.11. The van der Waals surface area contributed by atoms with Crippen LogP contribution in [0, 0.1) is 0 Å². The Morgan fingerprint density at radius 3 is 3.12 bits per heavy atom. The van der Waals surface area contributed by atoms with Crippen LogP contribution in [0.15, 0.2) is 33.7 Å². The smallest absolute Gasteiger partial charge is 0.262 e. The largest absolute Gasteiger partial charge is 0.325 e. The van der Waals surface area contributed by atoms with Gasteiger partial charge in [-0.25, -0.2) is 0 Å². The lowest BCUT2D eigenvalue weighted by Crippen LogP contribution is -2.10. The van der Waals surface area contributed by atoms with Gasteiger partial charge in [0.15, 0.2) is 0 Å². The first-order valence-electron chi connectivity index (χ1n) is 5.61. The van der Waals surface area contributed by atoms with Crippen LogP contribution in [-0.4, -0.2) is 9.97 Å². The highest BCUT2D eigenvalue weighted by Crippen LogP contribution is 2.30. The minimum Gasteiger partial charge on any atom is -0.325 e. The molecule has 2 aromatic heterocycles. The summed E-state index contributed by atoms with van der Waals surface area (Å²) in [4.78, 5) is 19.0. The molecule has 1 aliphatic carbocycles. The van der Waals surface area contributed by atoms with E-state index in [0.717, 1.165) is 36.2 Å². The van der Waals surface area contributed by atoms with Gasteiger partial charge >= 0.3 is 0 Å². The Labute approximate surface area is 107 Å². The van der Waals surface area contributed by atoms with Crippen molar-refractivity contribution in [3.05, 3.63) is 50.5 Å². The summed E-state index contributed by atoms with van der Waals surface area (Å²) in [5, 5.41) is 0. The standard InChI is InChI=1S/C13H11BrN2O/c14-10-7-9-11(16-13(10)17)5-1-3-8-4-2-6-15-12(8)9/h2,4,6-7H,1,3,5H2,(H,16,17). The Morgan fingerprint density at radius 2 is 2.24 bits per heavy atom. The minimum atomic E-state index is -0.0665. The number of aromatic amines is 1. The van der Waals surface area contributed by atoms with Crippen molar-refractivity contribution in [1.29, 1.82) is 0 Å². The maximum Gasteiger partial charge on any atom is 0.262 e. The number of H-pyrrole nitrogens is 1. The van der Waals surface area contributed by atoms with E-state index in [0.29, 0.717) is 4.47 Å². The lowest BCUT2D eigenvalue weighted by Gasteiger charge is -2.07. The molecular weight excluding hydrogens is 280 g/mol. The molecule has 3 nitrogen and oxygen atoms in total. The average molecular weight is 291 g/mol. The molecule has 86 valence electrons. The lowest BCUT2D eigenvalue weighted by molar-refractivity contribution is 0.809. The number of aryl methyl sites for hydroxylation is 2. The molecule has 0 fully saturated rings. The van der Waals surface area contributed by atoms with Crippen molar-refractivity contribution in [2.75, 3.05) is 0 Å². The van der Waals surface area contributed by atoms with E-state index in [4.69, 9.17) is 0 Å². The van der Waals surface area contributed by atoms with Crippen LogP contribution < -0.4 is 5.56 Å². The topological polar surface area (TPSA) is 45.8 Å². The van der Waals surface area contributed by atoms with Gasteiger partial charge in [0, 0.05) is 17.5 Å². The molecule has 4 heteroatoms. The summed E-state index contributed by atoms with van der Waals surface area (Å²) >= 11 is 3.28. The first kappa shape index (κ1) is 10.7. The van der Waals surface area contributed by atoms with Gasteiger partial charge in [-0.05, 0) is 52.9 Å². The summed E-state index contributed by atoms with van der Waals surface area (Å²) in [7, 11) is 0. The van der Waals surface area contributed by atoms with Crippen LogP contribution in [-0.2, 0) is 12.8 Å². The monoisotopic (exact) mass is 290 g/mol. The Hall–Kier alpha value is -1.42. The molecule has 1 N–H and O–H groups in total. The second-order valence-corrected chi connectivity index (χ2v) is 5.06. The highest BCUT2D eigenvalue weighted by atomic mass is 79.9. The van der Waals surface area contributed by atoms with Gasteiger partial charge in [0.2, 0.25) is 0 Å². The van der Waals surface area contributed by atoms with E-state index in [1.165, 1.54) is 5.56 Å². The van der Waals surface area contributed by atoms with Crippen molar-refractivity contribution in [3.8, 4) is 11.3 Å². The van der Waals surface area contributed by atoms with Crippen molar-refractivity contribution >= 4 is 15.9 Å². The van der Waals surface area contributed by atoms with Gasteiger partial charge < -0.3 is 4.98 Å². The fourth-order valence-electron chi connectivity index (χ4n) is 2.29. The first-order chi connectivity index (χ1) is 8.25. The molecular formula is C13H11BrN2O. The molecule has 0 amide bonds. The first-order valence-corrected chi connectivity index (χ1v) is 6.41. The SMILES string of the molecule is O=c1[nH]c2c(cc1Br)-c1ncccc1CCC2. The number of rotatable bonds is 0. The van der Waals surface area contributed by atoms with Crippen molar-refractivity contribution < 1.29 is 0 Å². The van der Waals surface area contributed by atoms with E-state index in [-0.39, 0.29) is 5.56 Å². The quantitative estimate of drug-likeness (QED) is 0.811. The van der Waals surface area contributed by atoms with E-state index in [2.05, 4.69) is 32.0 Å². The third kappa shape index (κ3) is 1.82. The summed E-state index contributed by atoms with van der Waals surface area (Å²) in [6, 6.07) is 5.95. The molecule has 0 saturated heterocycles. The van der Waals surface area contributed by atoms with Crippen molar-refractivity contribution in [2.24, 2.45) is 0 Å². The number of pyridine rings is 2. The molecule has 0 spiro atoms. The van der Waals surface area contributed by atoms with Crippen molar-refractivity contribution in [3.63, 3.8) is 0 Å². The highest BCUT2D eigenvalue weighted by molar-refractivity contribution is 9.10. The summed E-state index contributed by atoms with van der Waals surface area (Å²) in [5.74, 6) is 0. The van der Waals surface area contributed by atoms with Gasteiger partial charge in [-0.15, -0.1) is 0 Å². The number of hydrogen-bond acceptors (Lipinski definition) is 2. The van der Waals surface area contributed by atoms with Crippen LogP contribution in [0.1, 0.15) is 17.7 Å². The van der Waals surface area contributed by atoms with E-state index < -0.39 is 0 Å². The number of halogens is 1. The number of hydrogen-bond donors (Lipinski definition) is 1. The van der Waals surface area contributed by atoms with Crippen LogP contribution in [0.25, 0.3) is 11.3 Å². The fraction of sp³-hybridized carbons (Fsp3) is 0.231. The molecule has 0 atom stereocenters. The third-order valence-electron chi connectivity index (χ3n) is 3.10. The van der Waals surface area contributed by atoms with Crippen molar-refractivity contribution in [2.45, 2.75) is 19.3 Å². The molecule has 0 aromatic carbocycles. The molecule has 3 rings (SSSR count). The van der Waals surface area contributed by atoms with Gasteiger partial charge in [0.1, 0.15) is 0 Å². The van der Waals surface area contributed by atoms with Crippen LogP contribution in [0.5, 0.6) is 0 Å². The summed E-state index contributed by atoms with van der Waals surface area (Å²) in [6.45, 7) is 0. The summed E-state index contributed by atoms with van der Waals surface area (Å²) < 4.78 is 0.565. The molecule has 17 heavy (non-hydrogen) atoms. The zero-order valence-corrected chi connectivity index (χ0v) is 10.8. The Bertz CT molecular complexity index is 634. The van der Waals surface area contributed by atoms with Gasteiger partial charge in [-0.1, -0.05) is 6.07 Å². The van der Waals surface area contributed by atoms with Gasteiger partial charge in [-0.3, -0.25) is 9.78 Å². The Balaban J connectivity index is 2.32. The third-order valence-corrected chi connectivity index (χ3v) is 3.69. The fourth-order valence-corrected chi connectivity index (χ4v) is 2.62. The Kier molecular flexibility index (Phi) is 2.59. The zero-order chi connectivity index (χ0) is 11.8. The number of aromatic nitrogens is 2. The molecule has 0 radical (unpaired) electrons. The minimum absolute atomic E-state index is 0.0665. The average Bonchev–Trinajstić information content (AvgIpc) is 2.50. The molecule has 0 unspecified atom stereocenters. The number of nitrogens with one attached hydrogen (secondary N) is 1. The second-order valence-electron chi connectivity index (χ2n) is 4.20. The van der Waals surface area contributed by atoms with E-state index in [9.17, 15) is 4.79 Å². The van der Waals surface area contributed by atoms with Gasteiger partial charge in [0.05, 0.1) is 10.2 Å². The molecule has 2 heterocycles. The van der Waals surface area contributed by atoms with Crippen LogP contribution in [0.4, 0.5) is 0 Å². The van der Waals surface area contributed by atoms with Crippen LogP contribution >= 0.6 is 15.9 Å². The van der Waals surface area contributed by atoms with Gasteiger partial charge in [-0.2, -0.15) is 0 Å². The van der Waals surface area contributed by atoms with E-state index >= 15 is 0 Å². The van der Waals surface area contributed by atoms with Gasteiger partial charge in [0.25, 0.3) is 5.56 Å². The number of nitrogens with zero attached hydrogens (tertiary/aromatic N) is 1. The predicted molar refractivity (Wildman–Crippen MR) is 70.0 cm³/mol. The Morgan fingerprint density at radius 1 is 1.35 bits per heavy atom. The zero-order valence-electron chi connectivity index (χ0n) is 9.16. The molecule has 0 bridgehead atoms. The molecule has 0 saturated carbocycles. The maximum atomic E-state index is 11.6. The van der Waals surface area contributed by atoms with Crippen LogP contribution in [0.3, 0.4) is 0 Å².